The number of nitrogens with zero attached hydrogens (tertiary/aromatic N) is 3. The van der Waals surface area contributed by atoms with E-state index >= 15 is 0 Å². The number of imidazole rings is 1. The standard InChI is InChI=1S/C7H4N2O3.C3H4N2/c8-5-6-3-1-2-4-7(6)12-9(10)11;1-2-5-3-4-1/h1-4H;1-3H,(H,4,5). The van der Waals surface area contributed by atoms with Gasteiger partial charge in [0.05, 0.1) is 11.9 Å². The smallest absolute Gasteiger partial charge is 0.299 e. The largest absolute Gasteiger partial charge is 0.351 e. The van der Waals surface area contributed by atoms with Gasteiger partial charge in [-0.3, -0.25) is 4.84 Å². The van der Waals surface area contributed by atoms with Crippen molar-refractivity contribution >= 4 is 0 Å². The number of aromatic nitrogens is 2. The van der Waals surface area contributed by atoms with Crippen molar-refractivity contribution in [1.29, 1.82) is 5.26 Å². The molecule has 1 heterocycles. The van der Waals surface area contributed by atoms with E-state index in [4.69, 9.17) is 5.26 Å². The van der Waals surface area contributed by atoms with Crippen LogP contribution in [-0.2, 0) is 0 Å². The monoisotopic (exact) mass is 232 g/mol. The Morgan fingerprint density at radius 1 is 1.47 bits per heavy atom. The molecule has 0 aliphatic heterocycles. The van der Waals surface area contributed by atoms with Gasteiger partial charge in [0, 0.05) is 12.4 Å². The van der Waals surface area contributed by atoms with E-state index in [-0.39, 0.29) is 11.3 Å². The van der Waals surface area contributed by atoms with Crippen LogP contribution >= 0.6 is 0 Å². The number of hydrogen-bond donors (Lipinski definition) is 1. The lowest BCUT2D eigenvalue weighted by molar-refractivity contribution is -0.711. The molecule has 0 radical (unpaired) electrons. The summed E-state index contributed by atoms with van der Waals surface area (Å²) in [6, 6.07) is 7.73. The van der Waals surface area contributed by atoms with Crippen LogP contribution in [0.25, 0.3) is 0 Å². The van der Waals surface area contributed by atoms with Crippen LogP contribution in [0.2, 0.25) is 0 Å². The molecule has 0 bridgehead atoms. The molecule has 0 saturated carbocycles. The van der Waals surface area contributed by atoms with Crippen LogP contribution in [-0.4, -0.2) is 15.1 Å². The third kappa shape index (κ3) is 4.44. The van der Waals surface area contributed by atoms with Gasteiger partial charge in [-0.05, 0) is 12.1 Å². The van der Waals surface area contributed by atoms with Crippen molar-refractivity contribution in [2.45, 2.75) is 0 Å². The minimum Gasteiger partial charge on any atom is -0.351 e. The van der Waals surface area contributed by atoms with Gasteiger partial charge >= 0.3 is 0 Å². The van der Waals surface area contributed by atoms with Crippen LogP contribution in [0.1, 0.15) is 5.56 Å². The number of benzene rings is 1. The van der Waals surface area contributed by atoms with E-state index in [9.17, 15) is 10.1 Å². The molecule has 0 aliphatic rings. The Morgan fingerprint density at radius 3 is 2.71 bits per heavy atom. The van der Waals surface area contributed by atoms with Crippen LogP contribution < -0.4 is 4.84 Å². The quantitative estimate of drug-likeness (QED) is 0.624. The molecule has 2 aromatic rings. The highest BCUT2D eigenvalue weighted by molar-refractivity contribution is 5.41. The Labute approximate surface area is 96.4 Å². The average molecular weight is 232 g/mol. The van der Waals surface area contributed by atoms with E-state index in [1.165, 1.54) is 12.1 Å². The summed E-state index contributed by atoms with van der Waals surface area (Å²) < 4.78 is 0. The third-order valence-electron chi connectivity index (χ3n) is 1.59. The summed E-state index contributed by atoms with van der Waals surface area (Å²) in [7, 11) is 0. The summed E-state index contributed by atoms with van der Waals surface area (Å²) in [5.74, 6) is -0.0370. The minimum atomic E-state index is -0.948. The van der Waals surface area contributed by atoms with Gasteiger partial charge in [-0.1, -0.05) is 12.1 Å². The zero-order chi connectivity index (χ0) is 12.5. The first-order valence-corrected chi connectivity index (χ1v) is 4.48. The number of rotatable bonds is 2. The van der Waals surface area contributed by atoms with Crippen molar-refractivity contribution in [3.63, 3.8) is 0 Å². The maximum absolute atomic E-state index is 9.91. The molecule has 7 heteroatoms. The van der Waals surface area contributed by atoms with Crippen molar-refractivity contribution in [2.75, 3.05) is 0 Å². The molecule has 0 atom stereocenters. The number of hydrogen-bond acceptors (Lipinski definition) is 5. The summed E-state index contributed by atoms with van der Waals surface area (Å²) in [6.07, 6.45) is 5.08. The average Bonchev–Trinajstić information content (AvgIpc) is 2.87. The van der Waals surface area contributed by atoms with Crippen molar-refractivity contribution in [3.05, 3.63) is 58.7 Å². The van der Waals surface area contributed by atoms with Crippen LogP contribution in [0.15, 0.2) is 43.0 Å². The predicted molar refractivity (Wildman–Crippen MR) is 57.4 cm³/mol. The number of nitriles is 1. The van der Waals surface area contributed by atoms with Gasteiger partial charge in [0.2, 0.25) is 0 Å². The molecule has 86 valence electrons. The molecule has 0 unspecified atom stereocenters. The summed E-state index contributed by atoms with van der Waals surface area (Å²) >= 11 is 0. The van der Waals surface area contributed by atoms with Crippen molar-refractivity contribution in [2.24, 2.45) is 0 Å². The highest BCUT2D eigenvalue weighted by Crippen LogP contribution is 2.15. The molecular formula is C10H8N4O3. The fourth-order valence-electron chi connectivity index (χ4n) is 0.934. The molecule has 0 spiro atoms. The van der Waals surface area contributed by atoms with Crippen molar-refractivity contribution in [3.8, 4) is 11.8 Å². The molecule has 0 amide bonds. The molecule has 7 nitrogen and oxygen atoms in total. The molecule has 1 aromatic carbocycles. The van der Waals surface area contributed by atoms with Crippen molar-refractivity contribution in [1.82, 2.24) is 9.97 Å². The Morgan fingerprint density at radius 2 is 2.24 bits per heavy atom. The lowest BCUT2D eigenvalue weighted by Gasteiger charge is -1.98. The number of aromatic amines is 1. The van der Waals surface area contributed by atoms with Crippen LogP contribution in [0.5, 0.6) is 5.75 Å². The van der Waals surface area contributed by atoms with Gasteiger partial charge in [-0.25, -0.2) is 4.98 Å². The fraction of sp³-hybridized carbons (Fsp3) is 0. The second kappa shape index (κ2) is 6.58. The molecule has 0 saturated heterocycles. The topological polar surface area (TPSA) is 105 Å². The highest BCUT2D eigenvalue weighted by atomic mass is 17.0. The zero-order valence-corrected chi connectivity index (χ0v) is 8.61. The zero-order valence-electron chi connectivity index (χ0n) is 8.61. The van der Waals surface area contributed by atoms with Gasteiger partial charge in [0.25, 0.3) is 5.09 Å². The summed E-state index contributed by atoms with van der Waals surface area (Å²) in [4.78, 5) is 20.5. The van der Waals surface area contributed by atoms with Gasteiger partial charge in [-0.2, -0.15) is 5.26 Å². The molecule has 0 aliphatic carbocycles. The lowest BCUT2D eigenvalue weighted by atomic mass is 10.2. The van der Waals surface area contributed by atoms with E-state index in [0.29, 0.717) is 0 Å². The molecule has 1 N–H and O–H groups in total. The number of nitrogens with one attached hydrogen (secondary N) is 1. The molecular weight excluding hydrogens is 224 g/mol. The van der Waals surface area contributed by atoms with Gasteiger partial charge in [0.1, 0.15) is 11.8 Å². The summed E-state index contributed by atoms with van der Waals surface area (Å²) in [6.45, 7) is 0. The van der Waals surface area contributed by atoms with Crippen LogP contribution in [0.4, 0.5) is 0 Å². The maximum Gasteiger partial charge on any atom is 0.299 e. The fourth-order valence-corrected chi connectivity index (χ4v) is 0.934. The van der Waals surface area contributed by atoms with Gasteiger partial charge < -0.3 is 4.98 Å². The predicted octanol–water partition coefficient (Wildman–Crippen LogP) is 1.54. The Hall–Kier alpha value is -2.88. The van der Waals surface area contributed by atoms with Gasteiger partial charge in [-0.15, -0.1) is 10.1 Å². The Balaban J connectivity index is 0.000000239. The number of H-pyrrole nitrogens is 1. The van der Waals surface area contributed by atoms with E-state index in [2.05, 4.69) is 14.8 Å². The first-order chi connectivity index (χ1) is 8.24. The van der Waals surface area contributed by atoms with Crippen molar-refractivity contribution < 1.29 is 9.92 Å². The van der Waals surface area contributed by atoms with E-state index in [1.54, 1.807) is 36.9 Å². The Bertz CT molecular complexity index is 487. The van der Waals surface area contributed by atoms with Gasteiger partial charge in [0.15, 0.2) is 0 Å². The van der Waals surface area contributed by atoms with E-state index in [1.807, 2.05) is 0 Å². The summed E-state index contributed by atoms with van der Waals surface area (Å²) in [5.41, 5.74) is 0.147. The number of para-hydroxylation sites is 1. The third-order valence-corrected chi connectivity index (χ3v) is 1.59. The SMILES string of the molecule is N#Cc1ccccc1O[N+](=O)[O-].c1c[nH]cn1. The minimum absolute atomic E-state index is 0.0370. The maximum atomic E-state index is 9.91. The first kappa shape index (κ1) is 12.2. The Kier molecular flexibility index (Phi) is 4.72. The molecule has 1 aromatic heterocycles. The lowest BCUT2D eigenvalue weighted by Crippen LogP contribution is -2.04. The second-order valence-electron chi connectivity index (χ2n) is 2.68. The first-order valence-electron chi connectivity index (χ1n) is 4.48. The van der Waals surface area contributed by atoms with E-state index in [0.717, 1.165) is 0 Å². The van der Waals surface area contributed by atoms with Crippen LogP contribution in [0, 0.1) is 21.4 Å². The molecule has 2 rings (SSSR count). The highest BCUT2D eigenvalue weighted by Gasteiger charge is 2.03. The summed E-state index contributed by atoms with van der Waals surface area (Å²) in [5, 5.41) is 17.4. The normalized spacial score (nSPS) is 8.41. The van der Waals surface area contributed by atoms with Crippen LogP contribution in [0.3, 0.4) is 0 Å². The van der Waals surface area contributed by atoms with E-state index < -0.39 is 5.09 Å². The second-order valence-corrected chi connectivity index (χ2v) is 2.68. The molecule has 17 heavy (non-hydrogen) atoms. The molecule has 0 fully saturated rings.